The molecule has 0 amide bonds. The first-order chi connectivity index (χ1) is 13.7. The molecular formula is C23H30BrN3O. The summed E-state index contributed by atoms with van der Waals surface area (Å²) >= 11 is 3.47. The molecule has 1 aromatic heterocycles. The van der Waals surface area contributed by atoms with Gasteiger partial charge in [0.2, 0.25) is 5.95 Å². The maximum atomic E-state index is 10.1. The van der Waals surface area contributed by atoms with Crippen molar-refractivity contribution in [2.45, 2.75) is 65.0 Å². The monoisotopic (exact) mass is 443 g/mol. The van der Waals surface area contributed by atoms with Crippen LogP contribution in [0.15, 0.2) is 46.9 Å². The lowest BCUT2D eigenvalue weighted by molar-refractivity contribution is 0.469. The van der Waals surface area contributed by atoms with Gasteiger partial charge in [-0.25, -0.2) is 4.98 Å². The van der Waals surface area contributed by atoms with E-state index in [1.54, 1.807) is 6.07 Å². The van der Waals surface area contributed by atoms with Gasteiger partial charge in [-0.05, 0) is 36.8 Å². The third kappa shape index (κ3) is 5.51. The average Bonchev–Trinajstić information content (AvgIpc) is 3.05. The number of nitrogens with one attached hydrogen (secondary N) is 1. The minimum Gasteiger partial charge on any atom is -0.508 e. The third-order valence-electron chi connectivity index (χ3n) is 5.12. The van der Waals surface area contributed by atoms with E-state index in [0.717, 1.165) is 40.0 Å². The van der Waals surface area contributed by atoms with E-state index >= 15 is 0 Å². The van der Waals surface area contributed by atoms with Crippen LogP contribution >= 0.6 is 15.9 Å². The van der Waals surface area contributed by atoms with Crippen molar-refractivity contribution in [3.8, 4) is 5.75 Å². The highest BCUT2D eigenvalue weighted by Crippen LogP contribution is 2.25. The van der Waals surface area contributed by atoms with E-state index < -0.39 is 0 Å². The van der Waals surface area contributed by atoms with Crippen LogP contribution in [0.1, 0.15) is 57.4 Å². The predicted octanol–water partition coefficient (Wildman–Crippen LogP) is 6.87. The summed E-state index contributed by atoms with van der Waals surface area (Å²) in [5.41, 5.74) is 3.02. The fourth-order valence-electron chi connectivity index (χ4n) is 3.53. The number of para-hydroxylation sites is 2. The number of anilines is 1. The van der Waals surface area contributed by atoms with Crippen LogP contribution in [0.5, 0.6) is 5.75 Å². The fourth-order valence-corrected chi connectivity index (χ4v) is 3.94. The topological polar surface area (TPSA) is 50.1 Å². The number of aryl methyl sites for hydroxylation is 1. The van der Waals surface area contributed by atoms with Crippen LogP contribution in [-0.4, -0.2) is 14.7 Å². The van der Waals surface area contributed by atoms with E-state index in [4.69, 9.17) is 4.98 Å². The second-order valence-electron chi connectivity index (χ2n) is 7.32. The van der Waals surface area contributed by atoms with E-state index in [0.29, 0.717) is 12.3 Å². The number of imidazole rings is 1. The fraction of sp³-hybridized carbons (Fsp3) is 0.435. The lowest BCUT2D eigenvalue weighted by Gasteiger charge is -2.12. The van der Waals surface area contributed by atoms with E-state index in [1.165, 1.54) is 38.5 Å². The number of phenolic OH excluding ortho intramolecular Hbond substituents is 1. The highest BCUT2D eigenvalue weighted by Gasteiger charge is 2.11. The molecule has 0 aliphatic rings. The van der Waals surface area contributed by atoms with Gasteiger partial charge in [0, 0.05) is 23.1 Å². The Hall–Kier alpha value is -2.01. The first kappa shape index (κ1) is 20.7. The summed E-state index contributed by atoms with van der Waals surface area (Å²) in [6, 6.07) is 13.8. The molecule has 0 fully saturated rings. The Morgan fingerprint density at radius 3 is 2.57 bits per heavy atom. The Morgan fingerprint density at radius 2 is 1.75 bits per heavy atom. The molecule has 0 saturated carbocycles. The van der Waals surface area contributed by atoms with Gasteiger partial charge in [0.1, 0.15) is 5.75 Å². The zero-order chi connectivity index (χ0) is 19.8. The molecule has 0 aliphatic carbocycles. The van der Waals surface area contributed by atoms with Crippen molar-refractivity contribution in [3.05, 3.63) is 52.5 Å². The van der Waals surface area contributed by atoms with Crippen molar-refractivity contribution in [1.82, 2.24) is 9.55 Å². The molecule has 3 aromatic rings. The number of benzene rings is 2. The molecule has 28 heavy (non-hydrogen) atoms. The lowest BCUT2D eigenvalue weighted by atomic mass is 10.1. The molecule has 5 heteroatoms. The number of fused-ring (bicyclic) bond motifs is 1. The molecule has 0 saturated heterocycles. The highest BCUT2D eigenvalue weighted by atomic mass is 79.9. The van der Waals surface area contributed by atoms with Crippen molar-refractivity contribution < 1.29 is 5.11 Å². The van der Waals surface area contributed by atoms with Crippen LogP contribution in [0, 0.1) is 0 Å². The number of phenols is 1. The summed E-state index contributed by atoms with van der Waals surface area (Å²) in [5.74, 6) is 1.16. The molecule has 4 nitrogen and oxygen atoms in total. The normalized spacial score (nSPS) is 11.2. The molecule has 0 radical (unpaired) electrons. The molecule has 150 valence electrons. The second kappa shape index (κ2) is 10.5. The Balaban J connectivity index is 1.66. The second-order valence-corrected chi connectivity index (χ2v) is 8.24. The van der Waals surface area contributed by atoms with E-state index in [9.17, 15) is 5.11 Å². The summed E-state index contributed by atoms with van der Waals surface area (Å²) in [6.45, 7) is 3.75. The number of unbranched alkanes of at least 4 members (excludes halogenated alkanes) is 6. The number of hydrogen-bond donors (Lipinski definition) is 2. The van der Waals surface area contributed by atoms with Gasteiger partial charge < -0.3 is 15.0 Å². The molecular weight excluding hydrogens is 414 g/mol. The smallest absolute Gasteiger partial charge is 0.204 e. The van der Waals surface area contributed by atoms with Gasteiger partial charge in [-0.3, -0.25) is 0 Å². The van der Waals surface area contributed by atoms with Gasteiger partial charge in [0.15, 0.2) is 0 Å². The molecule has 2 aromatic carbocycles. The van der Waals surface area contributed by atoms with Gasteiger partial charge in [-0.2, -0.15) is 0 Å². The van der Waals surface area contributed by atoms with Crippen molar-refractivity contribution in [2.75, 3.05) is 5.32 Å². The van der Waals surface area contributed by atoms with Crippen LogP contribution in [0.2, 0.25) is 0 Å². The van der Waals surface area contributed by atoms with Gasteiger partial charge >= 0.3 is 0 Å². The maximum absolute atomic E-state index is 10.1. The Morgan fingerprint density at radius 1 is 1.00 bits per heavy atom. The molecule has 3 rings (SSSR count). The largest absolute Gasteiger partial charge is 0.508 e. The quantitative estimate of drug-likeness (QED) is 0.318. The maximum Gasteiger partial charge on any atom is 0.204 e. The van der Waals surface area contributed by atoms with Crippen LogP contribution in [0.3, 0.4) is 0 Å². The van der Waals surface area contributed by atoms with Crippen molar-refractivity contribution in [3.63, 3.8) is 0 Å². The zero-order valence-electron chi connectivity index (χ0n) is 16.6. The number of rotatable bonds is 11. The van der Waals surface area contributed by atoms with Crippen LogP contribution in [0.25, 0.3) is 11.0 Å². The summed E-state index contributed by atoms with van der Waals surface area (Å²) < 4.78 is 3.23. The van der Waals surface area contributed by atoms with Crippen LogP contribution < -0.4 is 5.32 Å². The van der Waals surface area contributed by atoms with Gasteiger partial charge in [-0.15, -0.1) is 0 Å². The van der Waals surface area contributed by atoms with Gasteiger partial charge in [-0.1, -0.05) is 73.5 Å². The lowest BCUT2D eigenvalue weighted by Crippen LogP contribution is -2.08. The molecule has 0 aliphatic heterocycles. The number of hydrogen-bond acceptors (Lipinski definition) is 3. The van der Waals surface area contributed by atoms with Crippen molar-refractivity contribution in [2.24, 2.45) is 0 Å². The first-order valence-corrected chi connectivity index (χ1v) is 11.1. The summed E-state index contributed by atoms with van der Waals surface area (Å²) in [6.07, 6.45) is 9.05. The average molecular weight is 444 g/mol. The summed E-state index contributed by atoms with van der Waals surface area (Å²) in [5, 5.41) is 13.5. The standard InChI is InChI=1S/C23H30BrN3O/c1-2-3-4-5-6-7-10-15-27-21-12-9-8-11-20(21)26-23(27)25-17-18-16-19(24)13-14-22(18)28/h8-9,11-14,16,28H,2-7,10,15,17H2,1H3,(H,25,26). The number of aromatic hydroxyl groups is 1. The Labute approximate surface area is 176 Å². The summed E-state index contributed by atoms with van der Waals surface area (Å²) in [4.78, 5) is 4.78. The highest BCUT2D eigenvalue weighted by molar-refractivity contribution is 9.10. The minimum absolute atomic E-state index is 0.297. The van der Waals surface area contributed by atoms with Gasteiger partial charge in [0.25, 0.3) is 0 Å². The predicted molar refractivity (Wildman–Crippen MR) is 121 cm³/mol. The van der Waals surface area contributed by atoms with Crippen molar-refractivity contribution >= 4 is 32.9 Å². The zero-order valence-corrected chi connectivity index (χ0v) is 18.2. The number of halogens is 1. The van der Waals surface area contributed by atoms with E-state index in [-0.39, 0.29) is 0 Å². The first-order valence-electron chi connectivity index (χ1n) is 10.4. The number of nitrogens with zero attached hydrogens (tertiary/aromatic N) is 2. The van der Waals surface area contributed by atoms with Crippen LogP contribution in [-0.2, 0) is 13.1 Å². The summed E-state index contributed by atoms with van der Waals surface area (Å²) in [7, 11) is 0. The van der Waals surface area contributed by atoms with Gasteiger partial charge in [0.05, 0.1) is 11.0 Å². The van der Waals surface area contributed by atoms with E-state index in [2.05, 4.69) is 50.9 Å². The Kier molecular flexibility index (Phi) is 7.78. The minimum atomic E-state index is 0.297. The molecule has 2 N–H and O–H groups in total. The van der Waals surface area contributed by atoms with Crippen LogP contribution in [0.4, 0.5) is 5.95 Å². The van der Waals surface area contributed by atoms with Crippen molar-refractivity contribution in [1.29, 1.82) is 0 Å². The molecule has 0 unspecified atom stereocenters. The molecule has 1 heterocycles. The molecule has 0 spiro atoms. The third-order valence-corrected chi connectivity index (χ3v) is 5.61. The van der Waals surface area contributed by atoms with E-state index in [1.807, 2.05) is 18.2 Å². The molecule has 0 atom stereocenters. The SMILES string of the molecule is CCCCCCCCCn1c(NCc2cc(Br)ccc2O)nc2ccccc21. The Bertz CT molecular complexity index is 891. The molecule has 0 bridgehead atoms. The number of aromatic nitrogens is 2.